The molecular weight excluding hydrogens is 563 g/mol. The Kier molecular flexibility index (Phi) is 8.89. The van der Waals surface area contributed by atoms with Crippen molar-refractivity contribution in [3.8, 4) is 0 Å². The third-order valence-corrected chi connectivity index (χ3v) is 9.51. The molecular formula is C38H37N3O2S. The Bertz CT molecular complexity index is 1780. The SMILES string of the molecule is Cc1ccc(S(=O)(=O)/N=C2\N(Cc3ccccc3)C(Cc3ccccc3)CC(c3ccccc3)N2Cc2ccccc2)cc1. The van der Waals surface area contributed by atoms with E-state index < -0.39 is 10.0 Å². The monoisotopic (exact) mass is 599 g/mol. The highest BCUT2D eigenvalue weighted by molar-refractivity contribution is 7.90. The van der Waals surface area contributed by atoms with Crippen molar-refractivity contribution in [2.45, 2.75) is 49.8 Å². The summed E-state index contributed by atoms with van der Waals surface area (Å²) in [6.45, 7) is 3.00. The summed E-state index contributed by atoms with van der Waals surface area (Å²) in [7, 11) is -4.02. The molecule has 0 N–H and O–H groups in total. The smallest absolute Gasteiger partial charge is 0.285 e. The maximum absolute atomic E-state index is 14.1. The molecule has 1 fully saturated rings. The quantitative estimate of drug-likeness (QED) is 0.174. The molecule has 1 heterocycles. The molecule has 0 aromatic heterocycles. The molecule has 44 heavy (non-hydrogen) atoms. The van der Waals surface area contributed by atoms with Crippen LogP contribution in [0.25, 0.3) is 0 Å². The third-order valence-electron chi connectivity index (χ3n) is 8.24. The molecule has 1 saturated heterocycles. The molecule has 222 valence electrons. The number of guanidine groups is 1. The topological polar surface area (TPSA) is 53.0 Å². The van der Waals surface area contributed by atoms with Crippen molar-refractivity contribution in [2.24, 2.45) is 4.40 Å². The standard InChI is InChI=1S/C38H37N3O2S/c1-30-22-24-36(25-23-30)44(42,43)39-38-40(28-32-16-8-3-9-17-32)35(26-31-14-6-2-7-15-31)27-37(34-20-12-5-13-21-34)41(38)29-33-18-10-4-11-19-33/h2-25,35,37H,26-29H2,1H3/b39-38+. The normalized spacial score (nSPS) is 18.0. The summed E-state index contributed by atoms with van der Waals surface area (Å²) in [5.74, 6) is 0.472. The van der Waals surface area contributed by atoms with Crippen molar-refractivity contribution in [1.29, 1.82) is 0 Å². The predicted molar refractivity (Wildman–Crippen MR) is 178 cm³/mol. The van der Waals surface area contributed by atoms with Gasteiger partial charge in [-0.1, -0.05) is 139 Å². The third kappa shape index (κ3) is 6.92. The first-order valence-electron chi connectivity index (χ1n) is 15.1. The first-order valence-corrected chi connectivity index (χ1v) is 16.5. The number of benzene rings is 5. The van der Waals surface area contributed by atoms with Crippen molar-refractivity contribution >= 4 is 16.0 Å². The maximum atomic E-state index is 14.1. The number of sulfonamides is 1. The zero-order chi connectivity index (χ0) is 30.4. The van der Waals surface area contributed by atoms with Crippen molar-refractivity contribution in [2.75, 3.05) is 0 Å². The number of rotatable bonds is 9. The fourth-order valence-electron chi connectivity index (χ4n) is 5.97. The lowest BCUT2D eigenvalue weighted by Crippen LogP contribution is -2.56. The van der Waals surface area contributed by atoms with E-state index in [-0.39, 0.29) is 17.0 Å². The number of aryl methyl sites for hydroxylation is 1. The lowest BCUT2D eigenvalue weighted by Gasteiger charge is -2.49. The fourth-order valence-corrected chi connectivity index (χ4v) is 6.98. The van der Waals surface area contributed by atoms with E-state index in [1.54, 1.807) is 12.1 Å². The molecule has 0 amide bonds. The zero-order valence-corrected chi connectivity index (χ0v) is 25.7. The van der Waals surface area contributed by atoms with E-state index in [0.29, 0.717) is 19.0 Å². The predicted octanol–water partition coefficient (Wildman–Crippen LogP) is 7.80. The van der Waals surface area contributed by atoms with Crippen molar-refractivity contribution in [3.05, 3.63) is 173 Å². The number of hydrogen-bond acceptors (Lipinski definition) is 2. The van der Waals surface area contributed by atoms with Crippen LogP contribution in [0.15, 0.2) is 155 Å². The molecule has 2 unspecified atom stereocenters. The lowest BCUT2D eigenvalue weighted by atomic mass is 9.90. The Labute approximate surface area is 261 Å². The van der Waals surface area contributed by atoms with Crippen LogP contribution in [0.5, 0.6) is 0 Å². The van der Waals surface area contributed by atoms with E-state index >= 15 is 0 Å². The molecule has 6 rings (SSSR count). The zero-order valence-electron chi connectivity index (χ0n) is 24.9. The van der Waals surface area contributed by atoms with Crippen LogP contribution in [0.1, 0.15) is 40.3 Å². The van der Waals surface area contributed by atoms with Gasteiger partial charge in [0.1, 0.15) is 0 Å². The lowest BCUT2D eigenvalue weighted by molar-refractivity contribution is 0.128. The van der Waals surface area contributed by atoms with Gasteiger partial charge in [0.05, 0.1) is 10.9 Å². The van der Waals surface area contributed by atoms with Crippen molar-refractivity contribution in [1.82, 2.24) is 9.80 Å². The average Bonchev–Trinajstić information content (AvgIpc) is 3.05. The summed E-state index contributed by atoms with van der Waals surface area (Å²) >= 11 is 0. The first kappa shape index (κ1) is 29.4. The molecule has 0 aliphatic carbocycles. The second-order valence-corrected chi connectivity index (χ2v) is 13.0. The largest absolute Gasteiger partial charge is 0.334 e. The van der Waals surface area contributed by atoms with E-state index in [9.17, 15) is 8.42 Å². The van der Waals surface area contributed by atoms with Gasteiger partial charge in [-0.15, -0.1) is 4.40 Å². The highest BCUT2D eigenvalue weighted by atomic mass is 32.2. The molecule has 5 aromatic carbocycles. The van der Waals surface area contributed by atoms with E-state index in [1.807, 2.05) is 67.6 Å². The highest BCUT2D eigenvalue weighted by Gasteiger charge is 2.40. The van der Waals surface area contributed by atoms with Gasteiger partial charge in [-0.2, -0.15) is 8.42 Å². The minimum atomic E-state index is -4.02. The molecule has 5 nitrogen and oxygen atoms in total. The molecule has 2 atom stereocenters. The van der Waals surface area contributed by atoms with Crippen LogP contribution in [-0.2, 0) is 29.5 Å². The Morgan fingerprint density at radius 3 is 1.64 bits per heavy atom. The Morgan fingerprint density at radius 2 is 1.09 bits per heavy atom. The average molecular weight is 600 g/mol. The van der Waals surface area contributed by atoms with Gasteiger partial charge in [0.25, 0.3) is 10.0 Å². The second kappa shape index (κ2) is 13.3. The van der Waals surface area contributed by atoms with Crippen LogP contribution < -0.4 is 0 Å². The van der Waals surface area contributed by atoms with E-state index in [2.05, 4.69) is 82.6 Å². The van der Waals surface area contributed by atoms with Crippen LogP contribution in [0.3, 0.4) is 0 Å². The van der Waals surface area contributed by atoms with Gasteiger partial charge < -0.3 is 9.80 Å². The highest BCUT2D eigenvalue weighted by Crippen LogP contribution is 2.37. The Hall–Kier alpha value is -4.68. The van der Waals surface area contributed by atoms with Gasteiger partial charge in [0.15, 0.2) is 0 Å². The van der Waals surface area contributed by atoms with Crippen LogP contribution in [0, 0.1) is 6.92 Å². The van der Waals surface area contributed by atoms with Gasteiger partial charge in [0.2, 0.25) is 5.96 Å². The summed E-state index contributed by atoms with van der Waals surface area (Å²) in [5.41, 5.74) is 5.54. The molecule has 1 aliphatic rings. The van der Waals surface area contributed by atoms with Gasteiger partial charge in [-0.05, 0) is 54.2 Å². The number of hydrogen-bond donors (Lipinski definition) is 0. The van der Waals surface area contributed by atoms with E-state index in [1.165, 1.54) is 5.56 Å². The molecule has 0 spiro atoms. The first-order chi connectivity index (χ1) is 21.5. The summed E-state index contributed by atoms with van der Waals surface area (Å²) < 4.78 is 32.9. The van der Waals surface area contributed by atoms with Gasteiger partial charge in [0, 0.05) is 19.1 Å². The van der Waals surface area contributed by atoms with Crippen LogP contribution >= 0.6 is 0 Å². The molecule has 1 aliphatic heterocycles. The van der Waals surface area contributed by atoms with Gasteiger partial charge >= 0.3 is 0 Å². The Morgan fingerprint density at radius 1 is 0.614 bits per heavy atom. The van der Waals surface area contributed by atoms with Crippen molar-refractivity contribution in [3.63, 3.8) is 0 Å². The fraction of sp³-hybridized carbons (Fsp3) is 0.184. The van der Waals surface area contributed by atoms with Gasteiger partial charge in [-0.25, -0.2) is 0 Å². The summed E-state index contributed by atoms with van der Waals surface area (Å²) in [6, 6.07) is 48.2. The number of nitrogens with zero attached hydrogens (tertiary/aromatic N) is 3. The molecule has 0 radical (unpaired) electrons. The minimum absolute atomic E-state index is 0.00167. The molecule has 0 saturated carbocycles. The molecule has 5 aromatic rings. The van der Waals surface area contributed by atoms with E-state index in [4.69, 9.17) is 4.40 Å². The summed E-state index contributed by atoms with van der Waals surface area (Å²) in [6.07, 6.45) is 1.57. The van der Waals surface area contributed by atoms with Crippen LogP contribution in [0.2, 0.25) is 0 Å². The second-order valence-electron chi connectivity index (χ2n) is 11.4. The van der Waals surface area contributed by atoms with Gasteiger partial charge in [-0.3, -0.25) is 0 Å². The van der Waals surface area contributed by atoms with Crippen molar-refractivity contribution < 1.29 is 8.42 Å². The van der Waals surface area contributed by atoms with Crippen LogP contribution in [-0.4, -0.2) is 30.2 Å². The Balaban J connectivity index is 1.54. The summed E-state index contributed by atoms with van der Waals surface area (Å²) in [4.78, 5) is 4.61. The molecule has 0 bridgehead atoms. The molecule has 6 heteroatoms. The van der Waals surface area contributed by atoms with E-state index in [0.717, 1.165) is 35.1 Å². The maximum Gasteiger partial charge on any atom is 0.285 e. The minimum Gasteiger partial charge on any atom is -0.334 e. The van der Waals surface area contributed by atoms with Crippen LogP contribution in [0.4, 0.5) is 0 Å². The summed E-state index contributed by atoms with van der Waals surface area (Å²) in [5, 5.41) is 0.